The molecule has 0 spiro atoms. The van der Waals surface area contributed by atoms with Crippen molar-refractivity contribution in [1.82, 2.24) is 4.90 Å². The van der Waals surface area contributed by atoms with Crippen LogP contribution in [0.15, 0.2) is 0 Å². The lowest BCUT2D eigenvalue weighted by atomic mass is 9.89. The average Bonchev–Trinajstić information content (AvgIpc) is 2.30. The molecule has 0 aromatic heterocycles. The Bertz CT molecular complexity index is 124. The van der Waals surface area contributed by atoms with Crippen LogP contribution < -0.4 is 0 Å². The molecular formula is C11H23N. The zero-order chi connectivity index (χ0) is 9.30. The van der Waals surface area contributed by atoms with Gasteiger partial charge >= 0.3 is 0 Å². The lowest BCUT2D eigenvalue weighted by Gasteiger charge is -2.29. The summed E-state index contributed by atoms with van der Waals surface area (Å²) >= 11 is 0. The third kappa shape index (κ3) is 1.82. The van der Waals surface area contributed by atoms with Crippen LogP contribution in [0.25, 0.3) is 0 Å². The lowest BCUT2D eigenvalue weighted by molar-refractivity contribution is 0.179. The third-order valence-corrected chi connectivity index (χ3v) is 3.38. The first kappa shape index (κ1) is 10.0. The highest BCUT2D eigenvalue weighted by molar-refractivity contribution is 4.86. The number of hydrogen-bond acceptors (Lipinski definition) is 1. The van der Waals surface area contributed by atoms with Gasteiger partial charge in [0.05, 0.1) is 0 Å². The summed E-state index contributed by atoms with van der Waals surface area (Å²) in [6.07, 6.45) is 1.40. The molecular weight excluding hydrogens is 146 g/mol. The lowest BCUT2D eigenvalue weighted by Crippen LogP contribution is -2.36. The molecule has 1 aliphatic rings. The van der Waals surface area contributed by atoms with Gasteiger partial charge in [0.2, 0.25) is 0 Å². The van der Waals surface area contributed by atoms with Gasteiger partial charge in [-0.3, -0.25) is 4.90 Å². The average molecular weight is 169 g/mol. The zero-order valence-corrected chi connectivity index (χ0v) is 9.17. The molecule has 0 radical (unpaired) electrons. The van der Waals surface area contributed by atoms with Crippen LogP contribution in [0, 0.1) is 11.8 Å². The van der Waals surface area contributed by atoms with Crippen molar-refractivity contribution >= 4 is 0 Å². The van der Waals surface area contributed by atoms with E-state index in [1.807, 2.05) is 0 Å². The number of hydrogen-bond donors (Lipinski definition) is 0. The first-order valence-corrected chi connectivity index (χ1v) is 5.29. The molecule has 0 N–H and O–H groups in total. The number of likely N-dealkylation sites (tertiary alicyclic amines) is 1. The minimum atomic E-state index is 0.726. The molecule has 12 heavy (non-hydrogen) atoms. The molecule has 72 valence electrons. The summed E-state index contributed by atoms with van der Waals surface area (Å²) in [5, 5.41) is 0. The molecule has 0 aliphatic carbocycles. The van der Waals surface area contributed by atoms with Gasteiger partial charge in [0.15, 0.2) is 0 Å². The molecule has 1 heterocycles. The quantitative estimate of drug-likeness (QED) is 0.614. The summed E-state index contributed by atoms with van der Waals surface area (Å²) in [5.41, 5.74) is 0. The molecule has 0 bridgehead atoms. The standard InChI is InChI=1S/C11H23N/c1-8(2)11-6-7-12(9(3)4)10(11)5/h8-11H,6-7H2,1-5H3/t10?,11-/m1/s1. The van der Waals surface area contributed by atoms with Gasteiger partial charge in [-0.15, -0.1) is 0 Å². The van der Waals surface area contributed by atoms with Gasteiger partial charge in [-0.25, -0.2) is 0 Å². The van der Waals surface area contributed by atoms with Gasteiger partial charge in [-0.2, -0.15) is 0 Å². The Morgan fingerprint density at radius 1 is 1.17 bits per heavy atom. The smallest absolute Gasteiger partial charge is 0.0101 e. The maximum absolute atomic E-state index is 2.63. The molecule has 1 heteroatoms. The van der Waals surface area contributed by atoms with E-state index in [4.69, 9.17) is 0 Å². The van der Waals surface area contributed by atoms with Gasteiger partial charge < -0.3 is 0 Å². The Morgan fingerprint density at radius 3 is 2.00 bits per heavy atom. The van der Waals surface area contributed by atoms with Crippen molar-refractivity contribution in [3.05, 3.63) is 0 Å². The van der Waals surface area contributed by atoms with Crippen molar-refractivity contribution in [3.8, 4) is 0 Å². The van der Waals surface area contributed by atoms with Crippen LogP contribution in [-0.4, -0.2) is 23.5 Å². The van der Waals surface area contributed by atoms with Crippen molar-refractivity contribution in [2.24, 2.45) is 11.8 Å². The summed E-state index contributed by atoms with van der Waals surface area (Å²) in [6, 6.07) is 1.52. The summed E-state index contributed by atoms with van der Waals surface area (Å²) in [7, 11) is 0. The fraction of sp³-hybridized carbons (Fsp3) is 1.00. The SMILES string of the molecule is CC(C)[C@H]1CCN(C(C)C)C1C. The van der Waals surface area contributed by atoms with Crippen molar-refractivity contribution < 1.29 is 0 Å². The van der Waals surface area contributed by atoms with E-state index in [2.05, 4.69) is 39.5 Å². The molecule has 0 aromatic rings. The monoisotopic (exact) mass is 169 g/mol. The molecule has 0 aromatic carbocycles. The topological polar surface area (TPSA) is 3.24 Å². The van der Waals surface area contributed by atoms with E-state index in [-0.39, 0.29) is 0 Å². The molecule has 1 aliphatic heterocycles. The van der Waals surface area contributed by atoms with Crippen molar-refractivity contribution in [2.75, 3.05) is 6.54 Å². The number of rotatable bonds is 2. The Balaban J connectivity index is 2.55. The predicted octanol–water partition coefficient (Wildman–Crippen LogP) is 2.76. The minimum absolute atomic E-state index is 0.726. The summed E-state index contributed by atoms with van der Waals surface area (Å²) in [5.74, 6) is 1.77. The van der Waals surface area contributed by atoms with Gasteiger partial charge in [0.1, 0.15) is 0 Å². The van der Waals surface area contributed by atoms with Gasteiger partial charge in [0, 0.05) is 12.1 Å². The van der Waals surface area contributed by atoms with E-state index in [0.717, 1.165) is 23.9 Å². The molecule has 1 fully saturated rings. The molecule has 1 nitrogen and oxygen atoms in total. The maximum Gasteiger partial charge on any atom is 0.0101 e. The van der Waals surface area contributed by atoms with Crippen LogP contribution in [0.2, 0.25) is 0 Å². The van der Waals surface area contributed by atoms with E-state index in [0.29, 0.717) is 0 Å². The van der Waals surface area contributed by atoms with E-state index in [9.17, 15) is 0 Å². The Kier molecular flexibility index (Phi) is 3.16. The molecule has 1 unspecified atom stereocenters. The van der Waals surface area contributed by atoms with Crippen molar-refractivity contribution in [1.29, 1.82) is 0 Å². The molecule has 2 atom stereocenters. The fourth-order valence-electron chi connectivity index (χ4n) is 2.61. The van der Waals surface area contributed by atoms with Crippen molar-refractivity contribution in [2.45, 2.75) is 53.1 Å². The second-order valence-corrected chi connectivity index (χ2v) is 4.77. The molecule has 1 saturated heterocycles. The van der Waals surface area contributed by atoms with E-state index in [1.165, 1.54) is 13.0 Å². The normalized spacial score (nSPS) is 32.2. The maximum atomic E-state index is 2.63. The Hall–Kier alpha value is -0.0400. The molecule has 0 amide bonds. The highest BCUT2D eigenvalue weighted by atomic mass is 15.2. The predicted molar refractivity (Wildman–Crippen MR) is 54.2 cm³/mol. The molecule has 0 saturated carbocycles. The Labute approximate surface area is 77.1 Å². The highest BCUT2D eigenvalue weighted by Gasteiger charge is 2.33. The summed E-state index contributed by atoms with van der Waals surface area (Å²) in [6.45, 7) is 13.0. The Morgan fingerprint density at radius 2 is 1.75 bits per heavy atom. The van der Waals surface area contributed by atoms with Crippen LogP contribution in [0.4, 0.5) is 0 Å². The van der Waals surface area contributed by atoms with Gasteiger partial charge in [-0.1, -0.05) is 13.8 Å². The first-order chi connectivity index (χ1) is 5.54. The minimum Gasteiger partial charge on any atom is -0.298 e. The third-order valence-electron chi connectivity index (χ3n) is 3.38. The van der Waals surface area contributed by atoms with Crippen molar-refractivity contribution in [3.63, 3.8) is 0 Å². The van der Waals surface area contributed by atoms with Gasteiger partial charge in [-0.05, 0) is 45.6 Å². The van der Waals surface area contributed by atoms with E-state index < -0.39 is 0 Å². The first-order valence-electron chi connectivity index (χ1n) is 5.29. The van der Waals surface area contributed by atoms with Crippen LogP contribution in [-0.2, 0) is 0 Å². The van der Waals surface area contributed by atoms with Crippen LogP contribution in [0.3, 0.4) is 0 Å². The second kappa shape index (κ2) is 3.78. The fourth-order valence-corrected chi connectivity index (χ4v) is 2.61. The van der Waals surface area contributed by atoms with E-state index in [1.54, 1.807) is 0 Å². The second-order valence-electron chi connectivity index (χ2n) is 4.77. The largest absolute Gasteiger partial charge is 0.298 e. The molecule has 1 rings (SSSR count). The number of nitrogens with zero attached hydrogens (tertiary/aromatic N) is 1. The summed E-state index contributed by atoms with van der Waals surface area (Å²) < 4.78 is 0. The zero-order valence-electron chi connectivity index (χ0n) is 9.17. The van der Waals surface area contributed by atoms with Crippen LogP contribution >= 0.6 is 0 Å². The summed E-state index contributed by atoms with van der Waals surface area (Å²) in [4.78, 5) is 2.63. The van der Waals surface area contributed by atoms with Crippen LogP contribution in [0.5, 0.6) is 0 Å². The van der Waals surface area contributed by atoms with Crippen LogP contribution in [0.1, 0.15) is 41.0 Å². The highest BCUT2D eigenvalue weighted by Crippen LogP contribution is 2.31. The van der Waals surface area contributed by atoms with Gasteiger partial charge in [0.25, 0.3) is 0 Å². The van der Waals surface area contributed by atoms with E-state index >= 15 is 0 Å².